The zero-order valence-electron chi connectivity index (χ0n) is 12.7. The molecule has 2 aromatic heterocycles. The summed E-state index contributed by atoms with van der Waals surface area (Å²) in [5, 5.41) is 3.52. The fraction of sp³-hybridized carbons (Fsp3) is 0.312. The third-order valence-electron chi connectivity index (χ3n) is 3.53. The molecule has 22 heavy (non-hydrogen) atoms. The van der Waals surface area contributed by atoms with Crippen LogP contribution in [0.3, 0.4) is 0 Å². The normalized spacial score (nSPS) is 12.7. The molecule has 0 spiro atoms. The van der Waals surface area contributed by atoms with Gasteiger partial charge in [0.05, 0.1) is 16.6 Å². The van der Waals surface area contributed by atoms with E-state index in [1.165, 1.54) is 0 Å². The van der Waals surface area contributed by atoms with Crippen LogP contribution in [0.5, 0.6) is 0 Å². The van der Waals surface area contributed by atoms with Gasteiger partial charge in [-0.15, -0.1) is 11.3 Å². The molecular formula is C16H17N3O2S. The van der Waals surface area contributed by atoms with Crippen molar-refractivity contribution in [3.05, 3.63) is 56.0 Å². The van der Waals surface area contributed by atoms with Gasteiger partial charge in [-0.1, -0.05) is 11.6 Å². The number of nitrogens with one attached hydrogen (secondary N) is 1. The van der Waals surface area contributed by atoms with Crippen molar-refractivity contribution in [3.8, 4) is 0 Å². The topological polar surface area (TPSA) is 67.9 Å². The van der Waals surface area contributed by atoms with Crippen molar-refractivity contribution in [1.82, 2.24) is 15.0 Å². The number of aryl methyl sites for hydroxylation is 1. The Labute approximate surface area is 132 Å². The molecule has 3 aromatic rings. The number of thiazole rings is 1. The Bertz CT molecular complexity index is 869. The average Bonchev–Trinajstić information content (AvgIpc) is 2.96. The van der Waals surface area contributed by atoms with E-state index in [0.29, 0.717) is 23.1 Å². The van der Waals surface area contributed by atoms with E-state index in [4.69, 9.17) is 4.74 Å². The van der Waals surface area contributed by atoms with Gasteiger partial charge in [-0.25, -0.2) is 9.97 Å². The second kappa shape index (κ2) is 5.98. The van der Waals surface area contributed by atoms with Gasteiger partial charge in [0.15, 0.2) is 0 Å². The molecule has 1 aromatic carbocycles. The molecule has 0 aliphatic carbocycles. The maximum Gasteiger partial charge on any atom is 0.258 e. The van der Waals surface area contributed by atoms with E-state index in [-0.39, 0.29) is 11.7 Å². The number of aromatic nitrogens is 3. The molecule has 0 radical (unpaired) electrons. The minimum atomic E-state index is -0.107. The molecule has 0 saturated carbocycles. The number of H-pyrrole nitrogens is 1. The van der Waals surface area contributed by atoms with Crippen LogP contribution in [0.4, 0.5) is 0 Å². The Morgan fingerprint density at radius 2 is 2.18 bits per heavy atom. The van der Waals surface area contributed by atoms with Gasteiger partial charge >= 0.3 is 0 Å². The molecule has 1 atom stereocenters. The predicted molar refractivity (Wildman–Crippen MR) is 87.4 cm³/mol. The zero-order valence-corrected chi connectivity index (χ0v) is 13.5. The highest BCUT2D eigenvalue weighted by atomic mass is 32.1. The lowest BCUT2D eigenvalue weighted by Crippen LogP contribution is -2.12. The molecule has 0 aliphatic heterocycles. The van der Waals surface area contributed by atoms with Crippen molar-refractivity contribution in [3.63, 3.8) is 0 Å². The first kappa shape index (κ1) is 14.9. The summed E-state index contributed by atoms with van der Waals surface area (Å²) in [5.41, 5.74) is 2.54. The van der Waals surface area contributed by atoms with Crippen molar-refractivity contribution in [1.29, 1.82) is 0 Å². The lowest BCUT2D eigenvalue weighted by atomic mass is 10.1. The number of benzene rings is 1. The molecule has 0 amide bonds. The fourth-order valence-electron chi connectivity index (χ4n) is 2.25. The Kier molecular flexibility index (Phi) is 4.04. The summed E-state index contributed by atoms with van der Waals surface area (Å²) < 4.78 is 5.26. The number of aromatic amines is 1. The number of methoxy groups -OCH3 is 1. The Hall–Kier alpha value is -2.05. The molecule has 1 N–H and O–H groups in total. The minimum absolute atomic E-state index is 0.0228. The van der Waals surface area contributed by atoms with Crippen molar-refractivity contribution in [2.75, 3.05) is 7.11 Å². The van der Waals surface area contributed by atoms with Crippen molar-refractivity contribution in [2.45, 2.75) is 26.4 Å². The quantitative estimate of drug-likeness (QED) is 0.803. The molecular weight excluding hydrogens is 298 g/mol. The summed E-state index contributed by atoms with van der Waals surface area (Å²) in [5.74, 6) is 0.628. The second-order valence-corrected chi connectivity index (χ2v) is 6.15. The van der Waals surface area contributed by atoms with Gasteiger partial charge in [-0.2, -0.15) is 0 Å². The van der Waals surface area contributed by atoms with Crippen molar-refractivity contribution in [2.24, 2.45) is 0 Å². The summed E-state index contributed by atoms with van der Waals surface area (Å²) in [6, 6.07) is 5.69. The smallest absolute Gasteiger partial charge is 0.258 e. The van der Waals surface area contributed by atoms with E-state index in [1.807, 2.05) is 37.4 Å². The largest absolute Gasteiger partial charge is 0.375 e. The molecule has 0 bridgehead atoms. The first-order chi connectivity index (χ1) is 10.6. The highest BCUT2D eigenvalue weighted by molar-refractivity contribution is 7.09. The van der Waals surface area contributed by atoms with Crippen LogP contribution >= 0.6 is 11.3 Å². The van der Waals surface area contributed by atoms with E-state index >= 15 is 0 Å². The molecule has 0 aliphatic rings. The van der Waals surface area contributed by atoms with Crippen LogP contribution in [0.2, 0.25) is 0 Å². The molecule has 0 saturated heterocycles. The number of nitrogens with zero attached hydrogens (tertiary/aromatic N) is 2. The van der Waals surface area contributed by atoms with Gasteiger partial charge in [0, 0.05) is 18.9 Å². The third kappa shape index (κ3) is 2.93. The van der Waals surface area contributed by atoms with Gasteiger partial charge in [0.2, 0.25) is 0 Å². The molecule has 114 valence electrons. The average molecular weight is 315 g/mol. The van der Waals surface area contributed by atoms with Gasteiger partial charge < -0.3 is 9.72 Å². The van der Waals surface area contributed by atoms with E-state index < -0.39 is 0 Å². The predicted octanol–water partition coefficient (Wildman–Crippen LogP) is 2.99. The molecule has 2 heterocycles. The molecule has 1 unspecified atom stereocenters. The monoisotopic (exact) mass is 315 g/mol. The molecule has 3 rings (SSSR count). The standard InChI is InChI=1S/C16H17N3O2S/c1-9-4-5-13-12(6-9)15(20)19-14(18-13)7-11-8-22-16(17-11)10(2)21-3/h4-6,8,10H,7H2,1-3H3,(H,18,19,20). The number of rotatable bonds is 4. The second-order valence-electron chi connectivity index (χ2n) is 5.27. The maximum atomic E-state index is 12.2. The van der Waals surface area contributed by atoms with Crippen LogP contribution in [0, 0.1) is 6.92 Å². The number of fused-ring (bicyclic) bond motifs is 1. The van der Waals surface area contributed by atoms with Crippen LogP contribution in [-0.2, 0) is 11.2 Å². The van der Waals surface area contributed by atoms with Gasteiger partial charge in [-0.05, 0) is 26.0 Å². The zero-order chi connectivity index (χ0) is 15.7. The van der Waals surface area contributed by atoms with Crippen LogP contribution in [0.25, 0.3) is 10.9 Å². The Morgan fingerprint density at radius 1 is 1.36 bits per heavy atom. The first-order valence-electron chi connectivity index (χ1n) is 7.03. The summed E-state index contributed by atoms with van der Waals surface area (Å²) >= 11 is 1.56. The number of ether oxygens (including phenoxy) is 1. The van der Waals surface area contributed by atoms with Crippen LogP contribution in [0.1, 0.15) is 35.1 Å². The summed E-state index contributed by atoms with van der Waals surface area (Å²) in [6.45, 7) is 3.92. The van der Waals surface area contributed by atoms with Gasteiger partial charge in [-0.3, -0.25) is 4.79 Å². The van der Waals surface area contributed by atoms with E-state index in [9.17, 15) is 4.79 Å². The lowest BCUT2D eigenvalue weighted by molar-refractivity contribution is 0.119. The van der Waals surface area contributed by atoms with Crippen molar-refractivity contribution < 1.29 is 4.74 Å². The summed E-state index contributed by atoms with van der Waals surface area (Å²) in [7, 11) is 1.66. The highest BCUT2D eigenvalue weighted by Crippen LogP contribution is 2.21. The molecule has 6 heteroatoms. The molecule has 0 fully saturated rings. The number of hydrogen-bond donors (Lipinski definition) is 1. The lowest BCUT2D eigenvalue weighted by Gasteiger charge is -2.04. The van der Waals surface area contributed by atoms with Crippen LogP contribution in [-0.4, -0.2) is 22.1 Å². The van der Waals surface area contributed by atoms with Crippen LogP contribution < -0.4 is 5.56 Å². The SMILES string of the molecule is COC(C)c1nc(Cc2nc3ccc(C)cc3c(=O)[nH]2)cs1. The summed E-state index contributed by atoms with van der Waals surface area (Å²) in [4.78, 5) is 24.1. The maximum absolute atomic E-state index is 12.2. The molecule has 5 nitrogen and oxygen atoms in total. The first-order valence-corrected chi connectivity index (χ1v) is 7.91. The Morgan fingerprint density at radius 3 is 2.95 bits per heavy atom. The fourth-order valence-corrected chi connectivity index (χ4v) is 3.10. The number of hydrogen-bond acceptors (Lipinski definition) is 5. The van der Waals surface area contributed by atoms with E-state index in [1.54, 1.807) is 18.4 Å². The van der Waals surface area contributed by atoms with Crippen LogP contribution in [0.15, 0.2) is 28.4 Å². The van der Waals surface area contributed by atoms with E-state index in [2.05, 4.69) is 15.0 Å². The van der Waals surface area contributed by atoms with Crippen molar-refractivity contribution >= 4 is 22.2 Å². The Balaban J connectivity index is 1.92. The third-order valence-corrected chi connectivity index (χ3v) is 4.58. The van der Waals surface area contributed by atoms with Gasteiger partial charge in [0.25, 0.3) is 5.56 Å². The van der Waals surface area contributed by atoms with E-state index in [0.717, 1.165) is 16.3 Å². The summed E-state index contributed by atoms with van der Waals surface area (Å²) in [6.07, 6.45) is 0.483. The van der Waals surface area contributed by atoms with Gasteiger partial charge in [0.1, 0.15) is 16.9 Å². The highest BCUT2D eigenvalue weighted by Gasteiger charge is 2.11. The minimum Gasteiger partial charge on any atom is -0.375 e.